The third-order valence-electron chi connectivity index (χ3n) is 4.19. The first-order valence-corrected chi connectivity index (χ1v) is 7.23. The summed E-state index contributed by atoms with van der Waals surface area (Å²) in [6.45, 7) is 6.64. The van der Waals surface area contributed by atoms with E-state index in [-0.39, 0.29) is 0 Å². The van der Waals surface area contributed by atoms with Gasteiger partial charge in [-0.25, -0.2) is 0 Å². The lowest BCUT2D eigenvalue weighted by molar-refractivity contribution is 0.459. The maximum atomic E-state index is 6.24. The molecule has 0 saturated carbocycles. The van der Waals surface area contributed by atoms with Gasteiger partial charge in [-0.2, -0.15) is 5.10 Å². The minimum Gasteiger partial charge on any atom is -0.394 e. The SMILES string of the molecule is CCc1nn(C)c(N2CCCC(CC)CC2)c1N. The average Bonchev–Trinajstić information content (AvgIpc) is 2.57. The second-order valence-corrected chi connectivity index (χ2v) is 5.35. The summed E-state index contributed by atoms with van der Waals surface area (Å²) >= 11 is 0. The molecule has 18 heavy (non-hydrogen) atoms. The number of rotatable bonds is 3. The molecular formula is C14H26N4. The molecule has 0 bridgehead atoms. The molecule has 1 atom stereocenters. The van der Waals surface area contributed by atoms with Crippen molar-refractivity contribution < 1.29 is 0 Å². The minimum atomic E-state index is 0.884. The highest BCUT2D eigenvalue weighted by Gasteiger charge is 2.21. The fourth-order valence-electron chi connectivity index (χ4n) is 3.01. The standard InChI is InChI=1S/C14H26N4/c1-4-11-7-6-9-18(10-8-11)14-13(15)12(5-2)16-17(14)3/h11H,4-10,15H2,1-3H3. The van der Waals surface area contributed by atoms with Gasteiger partial charge < -0.3 is 10.6 Å². The van der Waals surface area contributed by atoms with Crippen LogP contribution >= 0.6 is 0 Å². The van der Waals surface area contributed by atoms with Crippen LogP contribution in [0.2, 0.25) is 0 Å². The monoisotopic (exact) mass is 250 g/mol. The van der Waals surface area contributed by atoms with E-state index in [1.54, 1.807) is 0 Å². The molecule has 2 N–H and O–H groups in total. The summed E-state index contributed by atoms with van der Waals surface area (Å²) in [5.41, 5.74) is 8.15. The smallest absolute Gasteiger partial charge is 0.150 e. The van der Waals surface area contributed by atoms with Crippen molar-refractivity contribution in [3.05, 3.63) is 5.69 Å². The maximum Gasteiger partial charge on any atom is 0.150 e. The van der Waals surface area contributed by atoms with Crippen LogP contribution in [0.5, 0.6) is 0 Å². The molecule has 0 spiro atoms. The van der Waals surface area contributed by atoms with E-state index in [9.17, 15) is 0 Å². The number of hydrogen-bond acceptors (Lipinski definition) is 3. The Balaban J connectivity index is 2.18. The lowest BCUT2D eigenvalue weighted by Gasteiger charge is -2.23. The van der Waals surface area contributed by atoms with Crippen LogP contribution in [0.25, 0.3) is 0 Å². The van der Waals surface area contributed by atoms with E-state index in [0.717, 1.165) is 42.6 Å². The van der Waals surface area contributed by atoms with Gasteiger partial charge in [0, 0.05) is 20.1 Å². The maximum absolute atomic E-state index is 6.24. The molecule has 1 aliphatic heterocycles. The Labute approximate surface area is 110 Å². The van der Waals surface area contributed by atoms with Gasteiger partial charge >= 0.3 is 0 Å². The van der Waals surface area contributed by atoms with Gasteiger partial charge in [-0.3, -0.25) is 4.68 Å². The van der Waals surface area contributed by atoms with Gasteiger partial charge in [0.25, 0.3) is 0 Å². The normalized spacial score (nSPS) is 21.1. The second-order valence-electron chi connectivity index (χ2n) is 5.35. The predicted molar refractivity (Wildman–Crippen MR) is 76.8 cm³/mol. The Bertz CT molecular complexity index is 397. The van der Waals surface area contributed by atoms with Gasteiger partial charge in [0.15, 0.2) is 0 Å². The number of aryl methyl sites for hydroxylation is 2. The van der Waals surface area contributed by atoms with Crippen LogP contribution < -0.4 is 10.6 Å². The number of nitrogen functional groups attached to an aromatic ring is 1. The summed E-state index contributed by atoms with van der Waals surface area (Å²) < 4.78 is 1.96. The molecule has 2 heterocycles. The zero-order valence-electron chi connectivity index (χ0n) is 11.9. The molecule has 102 valence electrons. The van der Waals surface area contributed by atoms with Crippen LogP contribution in [0.3, 0.4) is 0 Å². The second kappa shape index (κ2) is 5.63. The number of aromatic nitrogens is 2. The van der Waals surface area contributed by atoms with Gasteiger partial charge in [-0.05, 0) is 31.6 Å². The Morgan fingerprint density at radius 1 is 1.28 bits per heavy atom. The summed E-state index contributed by atoms with van der Waals surface area (Å²) in [5, 5.41) is 4.52. The third kappa shape index (κ3) is 2.47. The molecule has 1 saturated heterocycles. The van der Waals surface area contributed by atoms with Crippen LogP contribution in [0, 0.1) is 5.92 Å². The van der Waals surface area contributed by atoms with E-state index in [0.29, 0.717) is 0 Å². The van der Waals surface area contributed by atoms with E-state index in [1.807, 2.05) is 11.7 Å². The number of hydrogen-bond donors (Lipinski definition) is 1. The molecule has 0 amide bonds. The van der Waals surface area contributed by atoms with Crippen molar-refractivity contribution in [1.82, 2.24) is 9.78 Å². The topological polar surface area (TPSA) is 47.1 Å². The highest BCUT2D eigenvalue weighted by atomic mass is 15.4. The molecule has 1 unspecified atom stereocenters. The quantitative estimate of drug-likeness (QED) is 0.897. The van der Waals surface area contributed by atoms with Gasteiger partial charge in [0.1, 0.15) is 5.82 Å². The largest absolute Gasteiger partial charge is 0.394 e. The van der Waals surface area contributed by atoms with E-state index < -0.39 is 0 Å². The van der Waals surface area contributed by atoms with E-state index >= 15 is 0 Å². The highest BCUT2D eigenvalue weighted by molar-refractivity contribution is 5.66. The van der Waals surface area contributed by atoms with Gasteiger partial charge in [-0.1, -0.05) is 20.3 Å². The highest BCUT2D eigenvalue weighted by Crippen LogP contribution is 2.30. The molecule has 0 aromatic carbocycles. The van der Waals surface area contributed by atoms with Crippen molar-refractivity contribution in [1.29, 1.82) is 0 Å². The van der Waals surface area contributed by atoms with E-state index in [2.05, 4.69) is 23.8 Å². The lowest BCUT2D eigenvalue weighted by Crippen LogP contribution is -2.27. The fraction of sp³-hybridized carbons (Fsp3) is 0.786. The summed E-state index contributed by atoms with van der Waals surface area (Å²) in [6, 6.07) is 0. The summed E-state index contributed by atoms with van der Waals surface area (Å²) in [7, 11) is 2.01. The number of anilines is 2. The van der Waals surface area contributed by atoms with Crippen molar-refractivity contribution in [3.63, 3.8) is 0 Å². The number of nitrogens with zero attached hydrogens (tertiary/aromatic N) is 3. The fourth-order valence-corrected chi connectivity index (χ4v) is 3.01. The number of nitrogens with two attached hydrogens (primary N) is 1. The molecule has 1 aromatic rings. The minimum absolute atomic E-state index is 0.884. The van der Waals surface area contributed by atoms with Crippen LogP contribution in [0.1, 0.15) is 45.2 Å². The lowest BCUT2D eigenvalue weighted by atomic mass is 9.98. The van der Waals surface area contributed by atoms with Crippen molar-refractivity contribution >= 4 is 11.5 Å². The van der Waals surface area contributed by atoms with Crippen LogP contribution in [0.15, 0.2) is 0 Å². The molecule has 0 aliphatic carbocycles. The van der Waals surface area contributed by atoms with Crippen molar-refractivity contribution in [2.45, 2.75) is 46.0 Å². The molecule has 1 fully saturated rings. The van der Waals surface area contributed by atoms with Crippen molar-refractivity contribution in [3.8, 4) is 0 Å². The summed E-state index contributed by atoms with van der Waals surface area (Å²) in [5.74, 6) is 2.01. The predicted octanol–water partition coefficient (Wildman–Crippen LogP) is 2.58. The molecule has 0 radical (unpaired) electrons. The molecule has 2 rings (SSSR count). The van der Waals surface area contributed by atoms with Crippen molar-refractivity contribution in [2.75, 3.05) is 23.7 Å². The van der Waals surface area contributed by atoms with Gasteiger partial charge in [-0.15, -0.1) is 0 Å². The molecule has 1 aliphatic rings. The molecule has 4 nitrogen and oxygen atoms in total. The first-order valence-electron chi connectivity index (χ1n) is 7.23. The molecular weight excluding hydrogens is 224 g/mol. The molecule has 4 heteroatoms. The Kier molecular flexibility index (Phi) is 4.15. The van der Waals surface area contributed by atoms with Crippen LogP contribution in [-0.2, 0) is 13.5 Å². The zero-order chi connectivity index (χ0) is 13.1. The third-order valence-corrected chi connectivity index (χ3v) is 4.19. The summed E-state index contributed by atoms with van der Waals surface area (Å²) in [4.78, 5) is 2.43. The van der Waals surface area contributed by atoms with Crippen molar-refractivity contribution in [2.24, 2.45) is 13.0 Å². The van der Waals surface area contributed by atoms with E-state index in [1.165, 1.54) is 25.7 Å². The molecule has 1 aromatic heterocycles. The first kappa shape index (κ1) is 13.2. The summed E-state index contributed by atoms with van der Waals surface area (Å²) in [6.07, 6.45) is 6.11. The van der Waals surface area contributed by atoms with Crippen LogP contribution in [-0.4, -0.2) is 22.9 Å². The zero-order valence-corrected chi connectivity index (χ0v) is 11.9. The Morgan fingerprint density at radius 3 is 2.67 bits per heavy atom. The first-order chi connectivity index (χ1) is 8.67. The van der Waals surface area contributed by atoms with Crippen LogP contribution in [0.4, 0.5) is 11.5 Å². The average molecular weight is 250 g/mol. The van der Waals surface area contributed by atoms with E-state index in [4.69, 9.17) is 5.73 Å². The Morgan fingerprint density at radius 2 is 2.06 bits per heavy atom. The Hall–Kier alpha value is -1.19. The van der Waals surface area contributed by atoms with Gasteiger partial charge in [0.2, 0.25) is 0 Å². The van der Waals surface area contributed by atoms with Gasteiger partial charge in [0.05, 0.1) is 11.4 Å².